The number of amides is 1. The predicted molar refractivity (Wildman–Crippen MR) is 135 cm³/mol. The molecule has 3 aliphatic rings. The molecule has 39 heavy (non-hydrogen) atoms. The van der Waals surface area contributed by atoms with Crippen molar-refractivity contribution in [2.24, 2.45) is 17.6 Å². The van der Waals surface area contributed by atoms with E-state index >= 15 is 0 Å². The second-order valence-electron chi connectivity index (χ2n) is 10.5. The zero-order valence-electron chi connectivity index (χ0n) is 21.2. The van der Waals surface area contributed by atoms with E-state index in [1.807, 2.05) is 0 Å². The molecule has 204 valence electrons. The molecule has 0 fully saturated rings. The van der Waals surface area contributed by atoms with Crippen LogP contribution in [0.3, 0.4) is 0 Å². The van der Waals surface area contributed by atoms with E-state index < -0.39 is 87.2 Å². The van der Waals surface area contributed by atoms with Gasteiger partial charge in [-0.2, -0.15) is 0 Å². The topological polar surface area (TPSA) is 182 Å². The van der Waals surface area contributed by atoms with Crippen molar-refractivity contribution in [3.8, 4) is 16.9 Å². The van der Waals surface area contributed by atoms with Crippen molar-refractivity contribution in [2.75, 3.05) is 14.1 Å². The Morgan fingerprint density at radius 3 is 2.23 bits per heavy atom. The van der Waals surface area contributed by atoms with Crippen LogP contribution in [0.4, 0.5) is 4.39 Å². The van der Waals surface area contributed by atoms with Gasteiger partial charge in [0.15, 0.2) is 11.4 Å². The van der Waals surface area contributed by atoms with Crippen molar-refractivity contribution in [1.82, 2.24) is 4.90 Å². The van der Waals surface area contributed by atoms with Gasteiger partial charge in [0.1, 0.15) is 28.7 Å². The molecule has 0 unspecified atom stereocenters. The number of benzene rings is 2. The van der Waals surface area contributed by atoms with E-state index in [0.29, 0.717) is 11.1 Å². The molecule has 5 rings (SSSR count). The minimum Gasteiger partial charge on any atom is -0.510 e. The minimum atomic E-state index is -2.98. The smallest absolute Gasteiger partial charge is 0.255 e. The van der Waals surface area contributed by atoms with Gasteiger partial charge in [-0.3, -0.25) is 19.3 Å². The number of aliphatic hydroxyl groups excluding tert-OH is 3. The Balaban J connectivity index is 1.76. The molecule has 0 bridgehead atoms. The number of Topliss-reactive ketones (excluding diaryl/α,β-unsaturated/α-hetero) is 2. The van der Waals surface area contributed by atoms with E-state index in [4.69, 9.17) is 5.73 Å². The fourth-order valence-corrected chi connectivity index (χ4v) is 6.49. The number of likely N-dealkylation sites (N-methyl/N-ethyl adjacent to an activating group) is 1. The lowest BCUT2D eigenvalue weighted by molar-refractivity contribution is -0.162. The van der Waals surface area contributed by atoms with Gasteiger partial charge >= 0.3 is 0 Å². The summed E-state index contributed by atoms with van der Waals surface area (Å²) in [6.07, 6.45) is -1.67. The SMILES string of the molecule is C[C@@H]1c2ccc(-c3ccc(F)cc3)c(O)c2C(=O)C2=C(O)[C@@]3(O)C(=O)C(C(N)=O)=C(O)[C@H](N(C)C)[C@H]3[C@H](O)[C@H]21. The molecular weight excluding hydrogens is 511 g/mol. The number of primary amides is 1. The summed E-state index contributed by atoms with van der Waals surface area (Å²) in [6, 6.07) is 7.00. The molecule has 0 saturated carbocycles. The van der Waals surface area contributed by atoms with Crippen molar-refractivity contribution >= 4 is 17.5 Å². The Morgan fingerprint density at radius 2 is 1.67 bits per heavy atom. The van der Waals surface area contributed by atoms with Gasteiger partial charge < -0.3 is 31.3 Å². The van der Waals surface area contributed by atoms with Crippen molar-refractivity contribution in [3.63, 3.8) is 0 Å². The Morgan fingerprint density at radius 1 is 1.05 bits per heavy atom. The second kappa shape index (κ2) is 8.73. The van der Waals surface area contributed by atoms with Crippen LogP contribution in [0.25, 0.3) is 11.1 Å². The summed E-state index contributed by atoms with van der Waals surface area (Å²) in [5.41, 5.74) is 1.63. The average Bonchev–Trinajstić information content (AvgIpc) is 2.86. The third-order valence-electron chi connectivity index (χ3n) is 8.29. The molecule has 2 aromatic rings. The van der Waals surface area contributed by atoms with Gasteiger partial charge in [0.2, 0.25) is 5.78 Å². The number of halogens is 1. The first-order chi connectivity index (χ1) is 18.2. The van der Waals surface area contributed by atoms with Crippen molar-refractivity contribution in [1.29, 1.82) is 0 Å². The number of nitrogens with two attached hydrogens (primary N) is 1. The number of phenols is 1. The highest BCUT2D eigenvalue weighted by atomic mass is 19.1. The van der Waals surface area contributed by atoms with Gasteiger partial charge in [0.05, 0.1) is 23.6 Å². The number of aromatic hydroxyl groups is 1. The molecule has 0 heterocycles. The molecule has 3 aliphatic carbocycles. The van der Waals surface area contributed by atoms with Crippen molar-refractivity contribution in [3.05, 3.63) is 76.0 Å². The highest BCUT2D eigenvalue weighted by Crippen LogP contribution is 2.56. The van der Waals surface area contributed by atoms with Gasteiger partial charge in [-0.05, 0) is 43.3 Å². The molecule has 0 aliphatic heterocycles. The zero-order valence-corrected chi connectivity index (χ0v) is 21.2. The number of nitrogens with zero attached hydrogens (tertiary/aromatic N) is 1. The second-order valence-corrected chi connectivity index (χ2v) is 10.5. The maximum atomic E-state index is 13.9. The van der Waals surface area contributed by atoms with Crippen molar-refractivity contribution < 1.29 is 44.3 Å². The van der Waals surface area contributed by atoms with Crippen LogP contribution in [0.2, 0.25) is 0 Å². The molecule has 0 saturated heterocycles. The Bertz CT molecular complexity index is 1510. The molecule has 2 aromatic carbocycles. The summed E-state index contributed by atoms with van der Waals surface area (Å²) in [5.74, 6) is -10.0. The van der Waals surface area contributed by atoms with E-state index in [0.717, 1.165) is 0 Å². The molecule has 10 nitrogen and oxygen atoms in total. The molecule has 0 aromatic heterocycles. The third kappa shape index (κ3) is 3.40. The lowest BCUT2D eigenvalue weighted by Gasteiger charge is -2.53. The summed E-state index contributed by atoms with van der Waals surface area (Å²) >= 11 is 0. The average molecular weight is 539 g/mol. The Labute approximate surface area is 222 Å². The van der Waals surface area contributed by atoms with Crippen LogP contribution in [-0.2, 0) is 9.59 Å². The maximum absolute atomic E-state index is 13.9. The number of phenolic OH excluding ortho intramolecular Hbond substituents is 1. The number of carbonyl (C=O) groups excluding carboxylic acids is 3. The quantitative estimate of drug-likeness (QED) is 0.315. The molecule has 0 spiro atoms. The van der Waals surface area contributed by atoms with E-state index in [1.54, 1.807) is 19.1 Å². The standard InChI is InChI=1S/C28H27FN2O8/c1-10-13-8-9-14(11-4-6-12(29)7-5-11)21(32)16(13)22(33)17-15(10)23(34)19-20(31(2)3)24(35)18(27(30)38)26(37)28(19,39)25(17)36/h4-10,15,19-20,23,32,34-36,39H,1-3H3,(H2,30,38)/t10-,15+,19+,20-,23-,28-/m1/s1. The normalized spacial score (nSPS) is 30.3. The van der Waals surface area contributed by atoms with E-state index in [2.05, 4.69) is 0 Å². The summed E-state index contributed by atoms with van der Waals surface area (Å²) < 4.78 is 13.5. The highest BCUT2D eigenvalue weighted by Gasteiger charge is 2.67. The van der Waals surface area contributed by atoms with Gasteiger partial charge in [0, 0.05) is 17.1 Å². The predicted octanol–water partition coefficient (Wildman–Crippen LogP) is 1.46. The number of rotatable bonds is 3. The Hall–Kier alpha value is -4.06. The monoisotopic (exact) mass is 538 g/mol. The van der Waals surface area contributed by atoms with Crippen LogP contribution in [0.5, 0.6) is 5.75 Å². The van der Waals surface area contributed by atoms with Crippen LogP contribution in [-0.4, -0.2) is 79.7 Å². The first-order valence-electron chi connectivity index (χ1n) is 12.2. The number of aliphatic hydroxyl groups is 4. The number of carbonyl (C=O) groups is 3. The van der Waals surface area contributed by atoms with Crippen LogP contribution in [0, 0.1) is 17.7 Å². The third-order valence-corrected chi connectivity index (χ3v) is 8.29. The molecule has 1 amide bonds. The largest absolute Gasteiger partial charge is 0.510 e. The fourth-order valence-electron chi connectivity index (χ4n) is 6.49. The van der Waals surface area contributed by atoms with Crippen molar-refractivity contribution in [2.45, 2.75) is 30.6 Å². The summed E-state index contributed by atoms with van der Waals surface area (Å²) in [7, 11) is 2.94. The van der Waals surface area contributed by atoms with Crippen LogP contribution >= 0.6 is 0 Å². The van der Waals surface area contributed by atoms with Crippen LogP contribution in [0.1, 0.15) is 28.8 Å². The first-order valence-corrected chi connectivity index (χ1v) is 12.2. The first kappa shape index (κ1) is 26.5. The van der Waals surface area contributed by atoms with Crippen LogP contribution in [0.15, 0.2) is 59.1 Å². The molecule has 0 radical (unpaired) electrons. The molecular formula is C28H27FN2O8. The molecule has 11 heteroatoms. The van der Waals surface area contributed by atoms with E-state index in [-0.39, 0.29) is 11.1 Å². The summed E-state index contributed by atoms with van der Waals surface area (Å²) in [4.78, 5) is 40.8. The number of hydrogen-bond acceptors (Lipinski definition) is 9. The molecule has 7 N–H and O–H groups in total. The summed E-state index contributed by atoms with van der Waals surface area (Å²) in [5, 5.41) is 56.8. The van der Waals surface area contributed by atoms with Gasteiger partial charge in [-0.1, -0.05) is 31.2 Å². The maximum Gasteiger partial charge on any atom is 0.255 e. The lowest BCUT2D eigenvalue weighted by Crippen LogP contribution is -2.68. The van der Waals surface area contributed by atoms with Gasteiger partial charge in [-0.15, -0.1) is 0 Å². The van der Waals surface area contributed by atoms with Gasteiger partial charge in [0.25, 0.3) is 5.91 Å². The number of ketones is 2. The van der Waals surface area contributed by atoms with Crippen LogP contribution < -0.4 is 5.73 Å². The fraction of sp³-hybridized carbons (Fsp3) is 0.321. The lowest BCUT2D eigenvalue weighted by atomic mass is 9.55. The number of fused-ring (bicyclic) bond motifs is 3. The highest BCUT2D eigenvalue weighted by molar-refractivity contribution is 6.25. The summed E-state index contributed by atoms with van der Waals surface area (Å²) in [6.45, 7) is 1.65. The molecule has 6 atom stereocenters. The van der Waals surface area contributed by atoms with E-state index in [1.165, 1.54) is 43.3 Å². The Kier molecular flexibility index (Phi) is 5.94. The minimum absolute atomic E-state index is 0.200. The van der Waals surface area contributed by atoms with Gasteiger partial charge in [-0.25, -0.2) is 4.39 Å². The van der Waals surface area contributed by atoms with E-state index in [9.17, 15) is 44.3 Å². The number of hydrogen-bond donors (Lipinski definition) is 6. The zero-order chi connectivity index (χ0) is 28.7.